The van der Waals surface area contributed by atoms with Gasteiger partial charge in [-0.05, 0) is 42.0 Å². The van der Waals surface area contributed by atoms with Gasteiger partial charge in [-0.2, -0.15) is 0 Å². The molecule has 2 aromatic rings. The molecular formula is C22H29NO3S. The lowest BCUT2D eigenvalue weighted by Crippen LogP contribution is -2.39. The lowest BCUT2D eigenvalue weighted by atomic mass is 10.1. The summed E-state index contributed by atoms with van der Waals surface area (Å²) in [6.45, 7) is 6.64. The fraction of sp³-hybridized carbons (Fsp3) is 0.500. The number of rotatable bonds is 9. The highest BCUT2D eigenvalue weighted by Crippen LogP contribution is 2.20. The van der Waals surface area contributed by atoms with Crippen LogP contribution in [0, 0.1) is 5.92 Å². The topological polar surface area (TPSA) is 38.8 Å². The molecule has 0 radical (unpaired) electrons. The molecule has 3 rings (SSSR count). The number of nitrogens with zero attached hydrogens (tertiary/aromatic N) is 1. The summed E-state index contributed by atoms with van der Waals surface area (Å²) in [5, 5.41) is 2.09. The molecule has 0 aliphatic carbocycles. The predicted molar refractivity (Wildman–Crippen MR) is 109 cm³/mol. The van der Waals surface area contributed by atoms with Crippen molar-refractivity contribution < 1.29 is 14.3 Å². The number of benzene rings is 1. The van der Waals surface area contributed by atoms with Gasteiger partial charge >= 0.3 is 0 Å². The van der Waals surface area contributed by atoms with Crippen molar-refractivity contribution in [2.24, 2.45) is 5.92 Å². The quantitative estimate of drug-likeness (QED) is 0.634. The maximum Gasteiger partial charge on any atom is 0.225 e. The fourth-order valence-corrected chi connectivity index (χ4v) is 4.00. The average molecular weight is 388 g/mol. The van der Waals surface area contributed by atoms with Crippen LogP contribution in [0.2, 0.25) is 0 Å². The van der Waals surface area contributed by atoms with E-state index in [1.807, 2.05) is 36.9 Å². The molecule has 5 heteroatoms. The van der Waals surface area contributed by atoms with Gasteiger partial charge in [0.25, 0.3) is 0 Å². The highest BCUT2D eigenvalue weighted by Gasteiger charge is 2.24. The molecule has 0 bridgehead atoms. The second kappa shape index (κ2) is 9.90. The fourth-order valence-electron chi connectivity index (χ4n) is 3.31. The number of ether oxygens (including phenoxy) is 2. The van der Waals surface area contributed by atoms with Crippen LogP contribution in [0.5, 0.6) is 5.75 Å². The normalized spacial score (nSPS) is 16.6. The Hall–Kier alpha value is -1.85. The number of thiophene rings is 1. The van der Waals surface area contributed by atoms with E-state index in [0.717, 1.165) is 37.2 Å². The van der Waals surface area contributed by atoms with E-state index in [1.165, 1.54) is 4.88 Å². The van der Waals surface area contributed by atoms with E-state index >= 15 is 0 Å². The van der Waals surface area contributed by atoms with Crippen LogP contribution in [0.1, 0.15) is 37.1 Å². The minimum absolute atomic E-state index is 0.0170. The zero-order chi connectivity index (χ0) is 19.1. The van der Waals surface area contributed by atoms with Crippen LogP contribution in [0.15, 0.2) is 41.8 Å². The van der Waals surface area contributed by atoms with Crippen molar-refractivity contribution in [3.63, 3.8) is 0 Å². The third-order valence-corrected chi connectivity index (χ3v) is 5.66. The van der Waals surface area contributed by atoms with Crippen LogP contribution in [0.4, 0.5) is 0 Å². The lowest BCUT2D eigenvalue weighted by Gasteiger charge is -2.27. The highest BCUT2D eigenvalue weighted by atomic mass is 32.1. The Morgan fingerprint density at radius 3 is 2.93 bits per heavy atom. The van der Waals surface area contributed by atoms with E-state index in [2.05, 4.69) is 23.6 Å². The molecule has 1 aliphatic rings. The molecule has 1 amide bonds. The average Bonchev–Trinajstić information content (AvgIpc) is 3.35. The molecule has 4 nitrogen and oxygen atoms in total. The van der Waals surface area contributed by atoms with Crippen LogP contribution < -0.4 is 4.74 Å². The molecule has 1 atom stereocenters. The van der Waals surface area contributed by atoms with E-state index < -0.39 is 0 Å². The maximum absolute atomic E-state index is 12.7. The van der Waals surface area contributed by atoms with Gasteiger partial charge in [-0.25, -0.2) is 0 Å². The number of hydrogen-bond donors (Lipinski definition) is 0. The lowest BCUT2D eigenvalue weighted by molar-refractivity contribution is -0.136. The van der Waals surface area contributed by atoms with Crippen molar-refractivity contribution in [2.75, 3.05) is 19.8 Å². The van der Waals surface area contributed by atoms with E-state index in [4.69, 9.17) is 9.47 Å². The van der Waals surface area contributed by atoms with Crippen molar-refractivity contribution in [1.29, 1.82) is 0 Å². The molecule has 2 heterocycles. The van der Waals surface area contributed by atoms with E-state index in [-0.39, 0.29) is 17.9 Å². The minimum atomic E-state index is -0.0170. The van der Waals surface area contributed by atoms with Gasteiger partial charge in [-0.3, -0.25) is 4.79 Å². The first-order valence-corrected chi connectivity index (χ1v) is 10.6. The van der Waals surface area contributed by atoms with Gasteiger partial charge in [0.15, 0.2) is 0 Å². The highest BCUT2D eigenvalue weighted by molar-refractivity contribution is 7.09. The Morgan fingerprint density at radius 1 is 1.33 bits per heavy atom. The predicted octanol–water partition coefficient (Wildman–Crippen LogP) is 4.53. The van der Waals surface area contributed by atoms with Gasteiger partial charge < -0.3 is 14.4 Å². The molecule has 0 unspecified atom stereocenters. The van der Waals surface area contributed by atoms with Gasteiger partial charge in [0.05, 0.1) is 12.7 Å². The van der Waals surface area contributed by atoms with Crippen LogP contribution in [0.25, 0.3) is 0 Å². The monoisotopic (exact) mass is 387 g/mol. The van der Waals surface area contributed by atoms with Crippen molar-refractivity contribution in [3.05, 3.63) is 52.2 Å². The second-order valence-corrected chi connectivity index (χ2v) is 8.37. The Labute approximate surface area is 166 Å². The molecule has 1 aromatic carbocycles. The Morgan fingerprint density at radius 2 is 2.22 bits per heavy atom. The summed E-state index contributed by atoms with van der Waals surface area (Å²) in [4.78, 5) is 15.9. The van der Waals surface area contributed by atoms with Crippen molar-refractivity contribution in [1.82, 2.24) is 4.90 Å². The Bertz CT molecular complexity index is 708. The summed E-state index contributed by atoms with van der Waals surface area (Å²) in [5.41, 5.74) is 1.09. The smallest absolute Gasteiger partial charge is 0.225 e. The second-order valence-electron chi connectivity index (χ2n) is 7.33. The standard InChI is InChI=1S/C22H29NO3S/c1-17(2)22(24)23(16-20-8-4-11-25-20)15-18-6-3-7-19(14-18)26-12-10-21-9-5-13-27-21/h3,5-7,9,13-14,17,20H,4,8,10-12,15-16H2,1-2H3/t20-/m0/s1. The van der Waals surface area contributed by atoms with Gasteiger partial charge in [0.2, 0.25) is 5.91 Å². The van der Waals surface area contributed by atoms with Crippen molar-refractivity contribution in [3.8, 4) is 5.75 Å². The molecule has 27 heavy (non-hydrogen) atoms. The number of carbonyl (C=O) groups is 1. The number of hydrogen-bond acceptors (Lipinski definition) is 4. The van der Waals surface area contributed by atoms with Crippen LogP contribution in [-0.2, 0) is 22.5 Å². The van der Waals surface area contributed by atoms with Gasteiger partial charge in [-0.15, -0.1) is 11.3 Å². The zero-order valence-electron chi connectivity index (χ0n) is 16.2. The van der Waals surface area contributed by atoms with Crippen molar-refractivity contribution in [2.45, 2.75) is 45.8 Å². The Kier molecular flexibility index (Phi) is 7.30. The third kappa shape index (κ3) is 6.08. The Balaban J connectivity index is 1.59. The van der Waals surface area contributed by atoms with Crippen LogP contribution >= 0.6 is 11.3 Å². The van der Waals surface area contributed by atoms with Crippen LogP contribution in [-0.4, -0.2) is 36.7 Å². The first-order valence-electron chi connectivity index (χ1n) is 9.76. The molecular weight excluding hydrogens is 358 g/mol. The molecule has 146 valence electrons. The summed E-state index contributed by atoms with van der Waals surface area (Å²) < 4.78 is 11.7. The van der Waals surface area contributed by atoms with E-state index in [9.17, 15) is 4.79 Å². The third-order valence-electron chi connectivity index (χ3n) is 4.72. The van der Waals surface area contributed by atoms with Crippen molar-refractivity contribution >= 4 is 17.2 Å². The molecule has 0 N–H and O–H groups in total. The number of amides is 1. The molecule has 1 saturated heterocycles. The van der Waals surface area contributed by atoms with Gasteiger partial charge in [0, 0.05) is 36.9 Å². The largest absolute Gasteiger partial charge is 0.493 e. The zero-order valence-corrected chi connectivity index (χ0v) is 17.0. The maximum atomic E-state index is 12.7. The summed E-state index contributed by atoms with van der Waals surface area (Å²) in [7, 11) is 0. The van der Waals surface area contributed by atoms with Gasteiger partial charge in [-0.1, -0.05) is 32.0 Å². The van der Waals surface area contributed by atoms with Gasteiger partial charge in [0.1, 0.15) is 5.75 Å². The molecule has 1 aliphatic heterocycles. The molecule has 1 fully saturated rings. The van der Waals surface area contributed by atoms with Crippen LogP contribution in [0.3, 0.4) is 0 Å². The summed E-state index contributed by atoms with van der Waals surface area (Å²) in [5.74, 6) is 1.02. The molecule has 0 spiro atoms. The summed E-state index contributed by atoms with van der Waals surface area (Å²) in [6, 6.07) is 12.3. The first-order chi connectivity index (χ1) is 13.1. The summed E-state index contributed by atoms with van der Waals surface area (Å²) >= 11 is 1.75. The number of carbonyl (C=O) groups excluding carboxylic acids is 1. The van der Waals surface area contributed by atoms with E-state index in [0.29, 0.717) is 19.7 Å². The molecule has 1 aromatic heterocycles. The molecule has 0 saturated carbocycles. The first kappa shape index (κ1) is 19.9. The minimum Gasteiger partial charge on any atom is -0.493 e. The summed E-state index contributed by atoms with van der Waals surface area (Å²) in [6.07, 6.45) is 3.20. The SMILES string of the molecule is CC(C)C(=O)N(Cc1cccc(OCCc2cccs2)c1)C[C@@H]1CCCO1. The van der Waals surface area contributed by atoms with E-state index in [1.54, 1.807) is 11.3 Å².